The lowest BCUT2D eigenvalue weighted by Crippen LogP contribution is -2.44. The second-order valence-corrected chi connectivity index (χ2v) is 6.51. The largest absolute Gasteiger partial charge is 0.471 e. The van der Waals surface area contributed by atoms with Gasteiger partial charge in [-0.3, -0.25) is 4.79 Å². The van der Waals surface area contributed by atoms with Crippen LogP contribution in [0.25, 0.3) is 5.57 Å². The number of aromatic nitrogens is 1. The molecule has 2 aliphatic carbocycles. The molecule has 2 aliphatic rings. The van der Waals surface area contributed by atoms with Gasteiger partial charge in [-0.05, 0) is 24.8 Å². The Kier molecular flexibility index (Phi) is 3.57. The molecule has 8 heteroatoms. The summed E-state index contributed by atoms with van der Waals surface area (Å²) in [5.41, 5.74) is 2.32. The molecule has 1 aromatic rings. The zero-order valence-electron chi connectivity index (χ0n) is 10.6. The van der Waals surface area contributed by atoms with E-state index < -0.39 is 18.1 Å². The topological polar surface area (TPSA) is 42.0 Å². The van der Waals surface area contributed by atoms with Gasteiger partial charge in [-0.25, -0.2) is 4.98 Å². The maximum absolute atomic E-state index is 12.4. The van der Waals surface area contributed by atoms with Crippen molar-refractivity contribution in [3.63, 3.8) is 0 Å². The van der Waals surface area contributed by atoms with E-state index in [0.29, 0.717) is 23.7 Å². The lowest BCUT2D eigenvalue weighted by molar-refractivity contribution is -0.174. The number of alkyl halides is 3. The molecule has 0 radical (unpaired) electrons. The molecule has 0 aromatic carbocycles. The Labute approximate surface area is 127 Å². The molecular weight excluding hydrogens is 325 g/mol. The van der Waals surface area contributed by atoms with Crippen molar-refractivity contribution in [2.45, 2.75) is 31.5 Å². The van der Waals surface area contributed by atoms with Gasteiger partial charge in [-0.15, -0.1) is 11.3 Å². The van der Waals surface area contributed by atoms with Crippen molar-refractivity contribution in [1.82, 2.24) is 10.3 Å². The highest BCUT2D eigenvalue weighted by Gasteiger charge is 2.41. The molecule has 1 heterocycles. The van der Waals surface area contributed by atoms with Crippen LogP contribution in [0.15, 0.2) is 17.7 Å². The minimum absolute atomic E-state index is 0.355. The van der Waals surface area contributed by atoms with Crippen molar-refractivity contribution in [1.29, 1.82) is 0 Å². The van der Waals surface area contributed by atoms with E-state index in [1.165, 1.54) is 11.3 Å². The summed E-state index contributed by atoms with van der Waals surface area (Å²) >= 11 is 7.29. The van der Waals surface area contributed by atoms with Crippen LogP contribution in [0.3, 0.4) is 0 Å². The lowest BCUT2D eigenvalue weighted by Gasteiger charge is -2.29. The molecule has 0 saturated heterocycles. The second-order valence-electron chi connectivity index (χ2n) is 4.84. The normalized spacial score (nSPS) is 21.0. The number of carbonyl (C=O) groups is 1. The van der Waals surface area contributed by atoms with Crippen molar-refractivity contribution in [2.75, 3.05) is 0 Å². The van der Waals surface area contributed by atoms with E-state index in [1.807, 2.05) is 6.08 Å². The third-order valence-electron chi connectivity index (χ3n) is 3.53. The summed E-state index contributed by atoms with van der Waals surface area (Å²) in [5, 5.41) is 2.07. The van der Waals surface area contributed by atoms with Crippen LogP contribution >= 0.6 is 22.9 Å². The molecule has 3 nitrogen and oxygen atoms in total. The van der Waals surface area contributed by atoms with Gasteiger partial charge in [0.1, 0.15) is 0 Å². The first-order chi connectivity index (χ1) is 9.86. The molecule has 0 spiro atoms. The number of halogens is 4. The second kappa shape index (κ2) is 5.14. The van der Waals surface area contributed by atoms with Crippen LogP contribution in [0.2, 0.25) is 4.47 Å². The monoisotopic (exact) mass is 334 g/mol. The summed E-state index contributed by atoms with van der Waals surface area (Å²) < 4.78 is 37.6. The number of thiazole rings is 1. The Bertz CT molecular complexity index is 663. The molecule has 0 aliphatic heterocycles. The van der Waals surface area contributed by atoms with Crippen LogP contribution in [-0.4, -0.2) is 23.1 Å². The van der Waals surface area contributed by atoms with Gasteiger partial charge in [0.25, 0.3) is 0 Å². The van der Waals surface area contributed by atoms with Gasteiger partial charge in [-0.2, -0.15) is 13.2 Å². The van der Waals surface area contributed by atoms with E-state index in [4.69, 9.17) is 11.6 Å². The Balaban J connectivity index is 1.92. The molecule has 0 unspecified atom stereocenters. The number of fused-ring (bicyclic) bond motifs is 2. The highest BCUT2D eigenvalue weighted by molar-refractivity contribution is 7.16. The van der Waals surface area contributed by atoms with E-state index in [-0.39, 0.29) is 0 Å². The predicted octanol–water partition coefficient (Wildman–Crippen LogP) is 3.50. The third-order valence-corrected chi connectivity index (χ3v) is 4.75. The van der Waals surface area contributed by atoms with Crippen molar-refractivity contribution in [3.8, 4) is 0 Å². The first-order valence-corrected chi connectivity index (χ1v) is 7.48. The summed E-state index contributed by atoms with van der Waals surface area (Å²) in [4.78, 5) is 16.4. The van der Waals surface area contributed by atoms with E-state index in [1.54, 1.807) is 6.08 Å². The van der Waals surface area contributed by atoms with E-state index in [9.17, 15) is 18.0 Å². The van der Waals surface area contributed by atoms with Gasteiger partial charge >= 0.3 is 12.1 Å². The predicted molar refractivity (Wildman–Crippen MR) is 74.1 cm³/mol. The average molecular weight is 335 g/mol. The van der Waals surface area contributed by atoms with Crippen LogP contribution in [0.4, 0.5) is 13.2 Å². The molecule has 1 N–H and O–H groups in total. The van der Waals surface area contributed by atoms with E-state index >= 15 is 0 Å². The molecule has 21 heavy (non-hydrogen) atoms. The van der Waals surface area contributed by atoms with Gasteiger partial charge in [0.2, 0.25) is 0 Å². The van der Waals surface area contributed by atoms with Crippen molar-refractivity contribution >= 4 is 34.4 Å². The van der Waals surface area contributed by atoms with Crippen LogP contribution in [-0.2, 0) is 11.2 Å². The highest BCUT2D eigenvalue weighted by atomic mass is 35.5. The number of nitrogens with one attached hydrogen (secondary N) is 1. The molecule has 0 fully saturated rings. The van der Waals surface area contributed by atoms with Crippen molar-refractivity contribution < 1.29 is 18.0 Å². The Hall–Kier alpha value is -1.34. The number of aryl methyl sites for hydroxylation is 1. The molecule has 1 amide bonds. The molecule has 1 aromatic heterocycles. The fourth-order valence-electron chi connectivity index (χ4n) is 2.64. The minimum atomic E-state index is -4.87. The summed E-state index contributed by atoms with van der Waals surface area (Å²) in [6.07, 6.45) is 0.375. The standard InChI is InChI=1S/C13H10ClF3N2OS/c14-12-19-10-7-2-1-3-8(18-11(20)13(15,16)17)6(7)4-5-9(10)21-12/h1-2,8H,3-5H2,(H,18,20)/t8-/m0/s1. The van der Waals surface area contributed by atoms with Crippen LogP contribution in [0.5, 0.6) is 0 Å². The van der Waals surface area contributed by atoms with Gasteiger partial charge in [0.05, 0.1) is 11.7 Å². The zero-order chi connectivity index (χ0) is 15.2. The molecule has 112 valence electrons. The number of allylic oxidation sites excluding steroid dienone is 2. The molecule has 0 saturated carbocycles. The first kappa shape index (κ1) is 14.6. The van der Waals surface area contributed by atoms with Gasteiger partial charge < -0.3 is 5.32 Å². The molecule has 1 atom stereocenters. The Morgan fingerprint density at radius 1 is 1.43 bits per heavy atom. The van der Waals surface area contributed by atoms with Gasteiger partial charge in [0.15, 0.2) is 4.47 Å². The smallest absolute Gasteiger partial charge is 0.341 e. The number of nitrogens with zero attached hydrogens (tertiary/aromatic N) is 1. The lowest BCUT2D eigenvalue weighted by atomic mass is 9.84. The van der Waals surface area contributed by atoms with Gasteiger partial charge in [0, 0.05) is 10.5 Å². The quantitative estimate of drug-likeness (QED) is 0.854. The van der Waals surface area contributed by atoms with E-state index in [2.05, 4.69) is 10.3 Å². The molecular formula is C13H10ClF3N2OS. The van der Waals surface area contributed by atoms with Crippen LogP contribution in [0.1, 0.15) is 23.4 Å². The summed E-state index contributed by atoms with van der Waals surface area (Å²) in [6.45, 7) is 0. The summed E-state index contributed by atoms with van der Waals surface area (Å²) in [6, 6.07) is -0.632. The number of amides is 1. The van der Waals surface area contributed by atoms with E-state index in [0.717, 1.165) is 21.7 Å². The molecule has 0 bridgehead atoms. The highest BCUT2D eigenvalue weighted by Crippen LogP contribution is 2.40. The van der Waals surface area contributed by atoms with Gasteiger partial charge in [-0.1, -0.05) is 23.8 Å². The summed E-state index contributed by atoms with van der Waals surface area (Å²) in [5.74, 6) is -1.91. The fourth-order valence-corrected chi connectivity index (χ4v) is 3.80. The Morgan fingerprint density at radius 3 is 2.90 bits per heavy atom. The van der Waals surface area contributed by atoms with Crippen molar-refractivity contribution in [3.05, 3.63) is 32.8 Å². The Morgan fingerprint density at radius 2 is 2.19 bits per heavy atom. The van der Waals surface area contributed by atoms with Crippen molar-refractivity contribution in [2.24, 2.45) is 0 Å². The van der Waals surface area contributed by atoms with Crippen LogP contribution < -0.4 is 5.32 Å². The number of hydrogen-bond donors (Lipinski definition) is 1. The maximum Gasteiger partial charge on any atom is 0.471 e. The minimum Gasteiger partial charge on any atom is -0.341 e. The average Bonchev–Trinajstić information content (AvgIpc) is 2.78. The van der Waals surface area contributed by atoms with Crippen LogP contribution in [0, 0.1) is 0 Å². The maximum atomic E-state index is 12.4. The number of hydrogen-bond acceptors (Lipinski definition) is 3. The number of rotatable bonds is 1. The first-order valence-electron chi connectivity index (χ1n) is 6.29. The SMILES string of the molecule is O=C(N[C@H]1CC=CC2=C1CCc1sc(Cl)nc12)C(F)(F)F. The summed E-state index contributed by atoms with van der Waals surface area (Å²) in [7, 11) is 0. The number of carbonyl (C=O) groups excluding carboxylic acids is 1. The zero-order valence-corrected chi connectivity index (χ0v) is 12.2. The third kappa shape index (κ3) is 2.72. The fraction of sp³-hybridized carbons (Fsp3) is 0.385. The molecule has 3 rings (SSSR count).